The zero-order chi connectivity index (χ0) is 15.4. The number of aromatic carboxylic acids is 1. The SMILES string of the molecule is Nc1c(NCCc2ccc(Cl)cc2Cl)cccc1C(=O)O. The van der Waals surface area contributed by atoms with Crippen LogP contribution in [-0.4, -0.2) is 17.6 Å². The van der Waals surface area contributed by atoms with Gasteiger partial charge < -0.3 is 16.2 Å². The number of carbonyl (C=O) groups is 1. The van der Waals surface area contributed by atoms with Gasteiger partial charge in [-0.05, 0) is 36.2 Å². The zero-order valence-electron chi connectivity index (χ0n) is 11.1. The van der Waals surface area contributed by atoms with E-state index in [0.29, 0.717) is 28.7 Å². The molecule has 21 heavy (non-hydrogen) atoms. The van der Waals surface area contributed by atoms with Gasteiger partial charge in [0.2, 0.25) is 0 Å². The second kappa shape index (κ2) is 6.70. The minimum absolute atomic E-state index is 0.0875. The Balaban J connectivity index is 2.04. The van der Waals surface area contributed by atoms with Gasteiger partial charge in [0.15, 0.2) is 0 Å². The molecule has 0 aliphatic rings. The Morgan fingerprint density at radius 2 is 2.00 bits per heavy atom. The molecule has 0 aromatic heterocycles. The highest BCUT2D eigenvalue weighted by Gasteiger charge is 2.10. The van der Waals surface area contributed by atoms with Crippen LogP contribution in [-0.2, 0) is 6.42 Å². The molecule has 0 aliphatic heterocycles. The third-order valence-corrected chi connectivity index (χ3v) is 3.65. The lowest BCUT2D eigenvalue weighted by molar-refractivity contribution is 0.0698. The van der Waals surface area contributed by atoms with Crippen LogP contribution in [0.1, 0.15) is 15.9 Å². The van der Waals surface area contributed by atoms with Crippen LogP contribution in [0.2, 0.25) is 10.0 Å². The van der Waals surface area contributed by atoms with Gasteiger partial charge in [-0.25, -0.2) is 4.79 Å². The van der Waals surface area contributed by atoms with Crippen molar-refractivity contribution in [2.24, 2.45) is 0 Å². The van der Waals surface area contributed by atoms with Crippen molar-refractivity contribution >= 4 is 40.5 Å². The molecule has 2 rings (SSSR count). The van der Waals surface area contributed by atoms with E-state index in [0.717, 1.165) is 5.56 Å². The number of carboxylic acids is 1. The third-order valence-electron chi connectivity index (χ3n) is 3.06. The van der Waals surface area contributed by atoms with Gasteiger partial charge >= 0.3 is 5.97 Å². The molecule has 0 amide bonds. The lowest BCUT2D eigenvalue weighted by Crippen LogP contribution is -2.10. The van der Waals surface area contributed by atoms with E-state index in [9.17, 15) is 4.79 Å². The highest BCUT2D eigenvalue weighted by atomic mass is 35.5. The Kier molecular flexibility index (Phi) is 4.94. The lowest BCUT2D eigenvalue weighted by Gasteiger charge is -2.11. The number of halogens is 2. The Bertz CT molecular complexity index is 675. The van der Waals surface area contributed by atoms with Crippen molar-refractivity contribution in [2.45, 2.75) is 6.42 Å². The van der Waals surface area contributed by atoms with Gasteiger partial charge in [0.25, 0.3) is 0 Å². The third kappa shape index (κ3) is 3.80. The summed E-state index contributed by atoms with van der Waals surface area (Å²) in [6.07, 6.45) is 0.673. The number of carboxylic acid groups (broad SMARTS) is 1. The Hall–Kier alpha value is -1.91. The van der Waals surface area contributed by atoms with Crippen LogP contribution in [0.5, 0.6) is 0 Å². The zero-order valence-corrected chi connectivity index (χ0v) is 12.6. The molecule has 110 valence electrons. The van der Waals surface area contributed by atoms with E-state index in [1.54, 1.807) is 24.3 Å². The van der Waals surface area contributed by atoms with E-state index in [1.807, 2.05) is 6.07 Å². The molecule has 0 saturated carbocycles. The summed E-state index contributed by atoms with van der Waals surface area (Å²) in [4.78, 5) is 11.0. The van der Waals surface area contributed by atoms with Crippen molar-refractivity contribution in [3.8, 4) is 0 Å². The average Bonchev–Trinajstić information content (AvgIpc) is 2.42. The molecule has 0 radical (unpaired) electrons. The molecule has 0 bridgehead atoms. The standard InChI is InChI=1S/C15H14Cl2N2O2/c16-10-5-4-9(12(17)8-10)6-7-19-13-3-1-2-11(14(13)18)15(20)21/h1-5,8,19H,6-7,18H2,(H,20,21). The predicted octanol–water partition coefficient (Wildman–Crippen LogP) is 3.93. The normalized spacial score (nSPS) is 10.4. The van der Waals surface area contributed by atoms with Gasteiger partial charge in [0, 0.05) is 16.6 Å². The van der Waals surface area contributed by atoms with Gasteiger partial charge in [-0.2, -0.15) is 0 Å². The first-order chi connectivity index (χ1) is 9.99. The molecule has 0 spiro atoms. The summed E-state index contributed by atoms with van der Waals surface area (Å²) in [5.74, 6) is -1.04. The molecule has 0 heterocycles. The van der Waals surface area contributed by atoms with Gasteiger partial charge in [0.05, 0.1) is 16.9 Å². The molecule has 0 aliphatic carbocycles. The first kappa shape index (κ1) is 15.5. The number of nitrogens with two attached hydrogens (primary N) is 1. The maximum atomic E-state index is 11.0. The van der Waals surface area contributed by atoms with Crippen LogP contribution in [0.25, 0.3) is 0 Å². The monoisotopic (exact) mass is 324 g/mol. The number of para-hydroxylation sites is 1. The first-order valence-corrected chi connectivity index (χ1v) is 7.04. The smallest absolute Gasteiger partial charge is 0.337 e. The van der Waals surface area contributed by atoms with E-state index in [4.69, 9.17) is 34.0 Å². The van der Waals surface area contributed by atoms with Crippen molar-refractivity contribution in [1.82, 2.24) is 0 Å². The van der Waals surface area contributed by atoms with Gasteiger partial charge in [-0.15, -0.1) is 0 Å². The van der Waals surface area contributed by atoms with Crippen molar-refractivity contribution in [3.63, 3.8) is 0 Å². The maximum absolute atomic E-state index is 11.0. The fraction of sp³-hybridized carbons (Fsp3) is 0.133. The summed E-state index contributed by atoms with van der Waals surface area (Å²) in [6, 6.07) is 10.2. The number of benzene rings is 2. The molecule has 6 heteroatoms. The van der Waals surface area contributed by atoms with E-state index in [-0.39, 0.29) is 11.3 Å². The van der Waals surface area contributed by atoms with Crippen molar-refractivity contribution < 1.29 is 9.90 Å². The van der Waals surface area contributed by atoms with Gasteiger partial charge in [-0.1, -0.05) is 35.3 Å². The summed E-state index contributed by atoms with van der Waals surface area (Å²) in [5.41, 5.74) is 7.70. The van der Waals surface area contributed by atoms with E-state index in [1.165, 1.54) is 6.07 Å². The molecule has 0 atom stereocenters. The number of anilines is 2. The summed E-state index contributed by atoms with van der Waals surface area (Å²) in [7, 11) is 0. The minimum atomic E-state index is -1.04. The maximum Gasteiger partial charge on any atom is 0.337 e. The quantitative estimate of drug-likeness (QED) is 0.728. The van der Waals surface area contributed by atoms with E-state index < -0.39 is 5.97 Å². The fourth-order valence-electron chi connectivity index (χ4n) is 1.96. The number of hydrogen-bond donors (Lipinski definition) is 3. The topological polar surface area (TPSA) is 75.3 Å². The molecule has 2 aromatic carbocycles. The largest absolute Gasteiger partial charge is 0.478 e. The number of nitrogen functional groups attached to an aromatic ring is 1. The average molecular weight is 325 g/mol. The van der Waals surface area contributed by atoms with Crippen LogP contribution < -0.4 is 11.1 Å². The van der Waals surface area contributed by atoms with Crippen LogP contribution in [0.15, 0.2) is 36.4 Å². The molecule has 4 N–H and O–H groups in total. The number of hydrogen-bond acceptors (Lipinski definition) is 3. The molecule has 0 fully saturated rings. The van der Waals surface area contributed by atoms with Crippen molar-refractivity contribution in [3.05, 3.63) is 57.6 Å². The molecule has 2 aromatic rings. The highest BCUT2D eigenvalue weighted by Crippen LogP contribution is 2.24. The summed E-state index contributed by atoms with van der Waals surface area (Å²) in [5, 5.41) is 13.3. The molecular formula is C15H14Cl2N2O2. The second-order valence-corrected chi connectivity index (χ2v) is 5.33. The fourth-order valence-corrected chi connectivity index (χ4v) is 2.47. The molecular weight excluding hydrogens is 311 g/mol. The Morgan fingerprint density at radius 1 is 1.24 bits per heavy atom. The lowest BCUT2D eigenvalue weighted by atomic mass is 10.1. The highest BCUT2D eigenvalue weighted by molar-refractivity contribution is 6.35. The minimum Gasteiger partial charge on any atom is -0.478 e. The van der Waals surface area contributed by atoms with Gasteiger partial charge in [0.1, 0.15) is 0 Å². The van der Waals surface area contributed by atoms with Crippen molar-refractivity contribution in [1.29, 1.82) is 0 Å². The predicted molar refractivity (Wildman–Crippen MR) is 86.5 cm³/mol. The molecule has 0 saturated heterocycles. The summed E-state index contributed by atoms with van der Waals surface area (Å²) < 4.78 is 0. The first-order valence-electron chi connectivity index (χ1n) is 6.28. The van der Waals surface area contributed by atoms with Crippen LogP contribution in [0, 0.1) is 0 Å². The van der Waals surface area contributed by atoms with E-state index in [2.05, 4.69) is 5.32 Å². The van der Waals surface area contributed by atoms with E-state index >= 15 is 0 Å². The van der Waals surface area contributed by atoms with Crippen LogP contribution >= 0.6 is 23.2 Å². The molecule has 0 unspecified atom stereocenters. The van der Waals surface area contributed by atoms with Crippen molar-refractivity contribution in [2.75, 3.05) is 17.6 Å². The summed E-state index contributed by atoms with van der Waals surface area (Å²) in [6.45, 7) is 0.578. The number of rotatable bonds is 5. The molecule has 4 nitrogen and oxygen atoms in total. The van der Waals surface area contributed by atoms with Crippen LogP contribution in [0.4, 0.5) is 11.4 Å². The summed E-state index contributed by atoms with van der Waals surface area (Å²) >= 11 is 11.9. The van der Waals surface area contributed by atoms with Gasteiger partial charge in [-0.3, -0.25) is 0 Å². The van der Waals surface area contributed by atoms with Crippen LogP contribution in [0.3, 0.4) is 0 Å². The number of nitrogens with one attached hydrogen (secondary N) is 1. The Labute approximate surface area is 132 Å². The second-order valence-electron chi connectivity index (χ2n) is 4.48. The Morgan fingerprint density at radius 3 is 2.67 bits per heavy atom.